The van der Waals surface area contributed by atoms with Crippen molar-refractivity contribution in [2.45, 2.75) is 172 Å². The van der Waals surface area contributed by atoms with Gasteiger partial charge in [0.05, 0.1) is 19.4 Å². The number of ether oxygens (including phenoxy) is 4. The zero-order valence-corrected chi connectivity index (χ0v) is 47.2. The minimum absolute atomic E-state index is 0.000246. The van der Waals surface area contributed by atoms with Crippen LogP contribution in [0.15, 0.2) is 47.5 Å². The Morgan fingerprint density at radius 2 is 1.79 bits per heavy atom. The van der Waals surface area contributed by atoms with Crippen LogP contribution in [0.4, 0.5) is 5.69 Å². The number of aromatic hydroxyl groups is 1. The number of likely N-dealkylation sites (N-methyl/N-ethyl adjacent to an activating group) is 1. The summed E-state index contributed by atoms with van der Waals surface area (Å²) in [5, 5.41) is 52.9. The largest absolute Gasteiger partial charge is 0.504 e. The summed E-state index contributed by atoms with van der Waals surface area (Å²) in [6.45, 7) is 3.36. The maximum absolute atomic E-state index is 15.8. The van der Waals surface area contributed by atoms with Crippen molar-refractivity contribution in [3.05, 3.63) is 53.6 Å². The highest BCUT2D eigenvalue weighted by Crippen LogP contribution is 2.67. The zero-order chi connectivity index (χ0) is 54.5. The molecule has 2 aromatic rings. The van der Waals surface area contributed by atoms with Crippen LogP contribution >= 0.6 is 0 Å². The Balaban J connectivity index is 1.17. The molecule has 2 aromatic carbocycles. The van der Waals surface area contributed by atoms with E-state index in [4.69, 9.17) is 23.9 Å². The third-order valence-corrected chi connectivity index (χ3v) is 21.2. The average molecular weight is 1070 g/mol. The molecule has 6 fully saturated rings. The van der Waals surface area contributed by atoms with E-state index in [9.17, 15) is 20.4 Å². The number of nitrogens with zero attached hydrogens (tertiary/aromatic N) is 1. The molecule has 0 saturated heterocycles. The lowest BCUT2D eigenvalue weighted by Crippen LogP contribution is -2.55. The van der Waals surface area contributed by atoms with Crippen LogP contribution in [0.1, 0.15) is 159 Å². The number of fused-ring (bicyclic) bond motifs is 10. The number of carbonyl (C=O) groups excluding carboxylic acids is 1. The summed E-state index contributed by atoms with van der Waals surface area (Å²) in [7, 11) is 5.31. The van der Waals surface area contributed by atoms with E-state index in [0.717, 1.165) is 120 Å². The van der Waals surface area contributed by atoms with Crippen molar-refractivity contribution in [3.63, 3.8) is 0 Å². The fourth-order valence-electron chi connectivity index (χ4n) is 17.9. The average Bonchev–Trinajstić information content (AvgIpc) is 4.31. The molecule has 13 atom stereocenters. The van der Waals surface area contributed by atoms with Gasteiger partial charge in [0.25, 0.3) is 0 Å². The van der Waals surface area contributed by atoms with Gasteiger partial charge in [-0.2, -0.15) is 0 Å². The molecule has 0 amide bonds. The molecule has 7 N–H and O–H groups in total. The maximum Gasteiger partial charge on any atom is 0.207 e. The second-order valence-electron chi connectivity index (χ2n) is 25.1. The van der Waals surface area contributed by atoms with Gasteiger partial charge in [0.1, 0.15) is 11.7 Å². The molecular formula is C65H90N4O9. The summed E-state index contributed by atoms with van der Waals surface area (Å²) in [6.07, 6.45) is 27.2. The molecule has 2 aliphatic heterocycles. The number of aliphatic hydroxyl groups excluding tert-OH is 3. The number of nitrogens with one attached hydrogen (secondary N) is 3. The van der Waals surface area contributed by atoms with Gasteiger partial charge >= 0.3 is 0 Å². The van der Waals surface area contributed by atoms with Gasteiger partial charge in [-0.25, -0.2) is 0 Å². The van der Waals surface area contributed by atoms with Gasteiger partial charge in [-0.3, -0.25) is 15.1 Å². The van der Waals surface area contributed by atoms with Crippen molar-refractivity contribution in [2.24, 2.45) is 69.1 Å². The van der Waals surface area contributed by atoms with Gasteiger partial charge in [0.2, 0.25) is 11.7 Å². The molecule has 424 valence electrons. The van der Waals surface area contributed by atoms with Gasteiger partial charge in [-0.1, -0.05) is 75.9 Å². The topological polar surface area (TPSA) is 183 Å². The van der Waals surface area contributed by atoms with Crippen LogP contribution in [0.25, 0.3) is 0 Å². The normalized spacial score (nSPS) is 35.0. The second kappa shape index (κ2) is 24.5. The lowest BCUT2D eigenvalue weighted by Gasteiger charge is -2.59. The lowest BCUT2D eigenvalue weighted by atomic mass is 9.45. The molecule has 0 unspecified atom stereocenters. The number of hydrogen-bond acceptors (Lipinski definition) is 11. The standard InChI is InChI=1S/C65H90N4O9/c1-5-43-18-20-48-49(16-12-30-70)51-17-10-27-65(51)47-37-54(60-57(38-47)78-63(42-66-2)40-45(36-59(74)76-32-13-31-71)53(41-63)62(28-33-77-60)24-7-6-8-25-62)69-61(67-3)68-29-11-15-46-14-9-26-64(46,58(73)23-21-52(65)50(48)34-43)39-44-19-22-55(72)56(35-44)75-4/h19,21-23,35,37-38,43,45-46,48-53,59,66,70-72,74H,5-10,12-18,20,24-27,30-32,34,36,39-42H2,1-4H3,(H2,67,68,69)/b23-21+/t43-,45-,46-,48+,49-,50-,51+,52-,53-,59-,63-,64+,65-/m1/s1. The fourth-order valence-corrected chi connectivity index (χ4v) is 17.9. The number of anilines is 1. The maximum atomic E-state index is 15.8. The third kappa shape index (κ3) is 10.9. The van der Waals surface area contributed by atoms with E-state index in [-0.39, 0.29) is 66.4 Å². The molecule has 6 aliphatic carbocycles. The molecule has 13 heteroatoms. The van der Waals surface area contributed by atoms with Crippen LogP contribution in [-0.2, 0) is 21.4 Å². The molecular weight excluding hydrogens is 981 g/mol. The lowest BCUT2D eigenvalue weighted by molar-refractivity contribution is -0.126. The smallest absolute Gasteiger partial charge is 0.207 e. The fraction of sp³-hybridized carbons (Fsp3) is 0.692. The third-order valence-electron chi connectivity index (χ3n) is 21.2. The van der Waals surface area contributed by atoms with Gasteiger partial charge in [-0.15, -0.1) is 0 Å². The van der Waals surface area contributed by atoms with Crippen molar-refractivity contribution in [3.8, 4) is 47.0 Å². The van der Waals surface area contributed by atoms with Gasteiger partial charge in [0, 0.05) is 61.9 Å². The predicted molar refractivity (Wildman–Crippen MR) is 304 cm³/mol. The Labute approximate surface area is 464 Å². The van der Waals surface area contributed by atoms with Gasteiger partial charge in [0.15, 0.2) is 29.3 Å². The number of guanidine groups is 1. The number of aliphatic imine (C=N–C) groups is 1. The number of rotatable bonds is 15. The Hall–Kier alpha value is -4.76. The van der Waals surface area contributed by atoms with Gasteiger partial charge < -0.3 is 50.0 Å². The van der Waals surface area contributed by atoms with Crippen LogP contribution in [0.3, 0.4) is 0 Å². The molecule has 4 bridgehead atoms. The van der Waals surface area contributed by atoms with E-state index in [1.54, 1.807) is 20.2 Å². The Morgan fingerprint density at radius 3 is 2.58 bits per heavy atom. The first kappa shape index (κ1) is 56.5. The van der Waals surface area contributed by atoms with Crippen LogP contribution in [0.5, 0.6) is 23.0 Å². The molecule has 13 nitrogen and oxygen atoms in total. The number of ketones is 1. The number of methoxy groups -OCH3 is 1. The summed E-state index contributed by atoms with van der Waals surface area (Å²) in [5.74, 6) is 11.7. The molecule has 0 radical (unpaired) electrons. The van der Waals surface area contributed by atoms with Crippen LogP contribution in [0.2, 0.25) is 0 Å². The van der Waals surface area contributed by atoms with Crippen molar-refractivity contribution in [1.82, 2.24) is 10.6 Å². The van der Waals surface area contributed by atoms with E-state index in [1.165, 1.54) is 6.42 Å². The van der Waals surface area contributed by atoms with Crippen LogP contribution < -0.4 is 30.2 Å². The quantitative estimate of drug-likeness (QED) is 0.0510. The second-order valence-corrected chi connectivity index (χ2v) is 25.1. The minimum Gasteiger partial charge on any atom is -0.504 e. The number of phenolic OH excluding ortho intramolecular Hbond substituents is 1. The zero-order valence-electron chi connectivity index (χ0n) is 47.2. The van der Waals surface area contributed by atoms with E-state index >= 15 is 4.79 Å². The van der Waals surface area contributed by atoms with Crippen molar-refractivity contribution >= 4 is 17.4 Å². The number of hydrogen-bond donors (Lipinski definition) is 7. The molecule has 8 aliphatic rings. The highest BCUT2D eigenvalue weighted by molar-refractivity contribution is 5.97. The Kier molecular flexibility index (Phi) is 17.8. The summed E-state index contributed by atoms with van der Waals surface area (Å²) in [5.41, 5.74) is 0.666. The monoisotopic (exact) mass is 1070 g/mol. The summed E-state index contributed by atoms with van der Waals surface area (Å²) in [6, 6.07) is 13.3. The molecule has 10 rings (SSSR count). The first-order valence-corrected chi connectivity index (χ1v) is 30.3. The van der Waals surface area contributed by atoms with Crippen LogP contribution in [0, 0.1) is 88.1 Å². The van der Waals surface area contributed by atoms with Crippen molar-refractivity contribution in [1.29, 1.82) is 0 Å². The summed E-state index contributed by atoms with van der Waals surface area (Å²) >= 11 is 0. The first-order chi connectivity index (χ1) is 38.0. The SMILES string of the molecule is CC[C@@H]1CC[C@@H]2[C@@H](C1)[C@H]1/C=C/C(=O)[C@]3(Cc4ccc(O)c(OC)c4)CCC[C@@H]3CC#CNC(=NC)Nc3cc(cc4c3OC#CC3(CCCCC3)[C@@H]3C[C@@](CNC)(C[C@H]3C[C@H](O)OCCCO)O4)[C@@]13CCC[C@H]3[C@@H]2CCCO. The molecule has 78 heavy (non-hydrogen) atoms. The Bertz CT molecular complexity index is 2630. The van der Waals surface area contributed by atoms with E-state index in [2.05, 4.69) is 65.1 Å². The van der Waals surface area contributed by atoms with E-state index < -0.39 is 22.7 Å². The number of aliphatic hydroxyl groups is 3. The molecule has 2 spiro atoms. The minimum atomic E-state index is -0.983. The first-order valence-electron chi connectivity index (χ1n) is 30.3. The van der Waals surface area contributed by atoms with E-state index in [0.29, 0.717) is 91.2 Å². The summed E-state index contributed by atoms with van der Waals surface area (Å²) in [4.78, 5) is 20.6. The predicted octanol–water partition coefficient (Wildman–Crippen LogP) is 10.2. The number of carbonyl (C=O) groups is 1. The highest BCUT2D eigenvalue weighted by Gasteiger charge is 2.62. The molecule has 2 heterocycles. The van der Waals surface area contributed by atoms with Gasteiger partial charge in [-0.05, 0) is 192 Å². The van der Waals surface area contributed by atoms with Crippen LogP contribution in [-0.4, -0.2) is 91.6 Å². The summed E-state index contributed by atoms with van der Waals surface area (Å²) < 4.78 is 26.3. The van der Waals surface area contributed by atoms with E-state index in [1.807, 2.05) is 25.3 Å². The number of allylic oxidation sites excluding steroid dienone is 2. The number of phenols is 1. The Morgan fingerprint density at radius 1 is 0.962 bits per heavy atom. The van der Waals surface area contributed by atoms with Crippen molar-refractivity contribution < 1.29 is 44.2 Å². The molecule has 6 saturated carbocycles. The van der Waals surface area contributed by atoms with Crippen molar-refractivity contribution in [2.75, 3.05) is 52.9 Å². The number of benzene rings is 2. The molecule has 0 aromatic heterocycles. The highest BCUT2D eigenvalue weighted by atomic mass is 16.6.